The van der Waals surface area contributed by atoms with E-state index < -0.39 is 15.9 Å². The molecule has 2 aromatic carbocycles. The van der Waals surface area contributed by atoms with Crippen molar-refractivity contribution in [3.8, 4) is 5.75 Å². The molecule has 2 aromatic rings. The van der Waals surface area contributed by atoms with Gasteiger partial charge in [-0.25, -0.2) is 12.7 Å². The van der Waals surface area contributed by atoms with Gasteiger partial charge in [-0.15, -0.1) is 0 Å². The fourth-order valence-electron chi connectivity index (χ4n) is 3.77. The van der Waals surface area contributed by atoms with Crippen molar-refractivity contribution >= 4 is 39.1 Å². The van der Waals surface area contributed by atoms with Crippen LogP contribution in [0.5, 0.6) is 5.75 Å². The fourth-order valence-corrected chi connectivity index (χ4v) is 5.97. The minimum Gasteiger partial charge on any atom is -0.494 e. The molecule has 1 aliphatic rings. The lowest BCUT2D eigenvalue weighted by Crippen LogP contribution is -2.46. The Morgan fingerprint density at radius 3 is 2.59 bits per heavy atom. The standard InChI is InChI=1S/C23H28Cl2N2O4S/c1-3-31-21-10-7-17(8-11-21)16(2)26-23(28)18-5-4-12-27(14-18)32(29,30)15-19-6-9-20(24)13-22(19)25/h6-11,13,16,18H,3-5,12,14-15H2,1-2H3,(H,26,28)/t16-,18-/m1/s1. The number of carbonyl (C=O) groups excluding carboxylic acids is 1. The molecular weight excluding hydrogens is 471 g/mol. The van der Waals surface area contributed by atoms with Crippen molar-refractivity contribution in [2.45, 2.75) is 38.5 Å². The lowest BCUT2D eigenvalue weighted by Gasteiger charge is -2.32. The van der Waals surface area contributed by atoms with E-state index in [2.05, 4.69) is 5.32 Å². The molecule has 0 aromatic heterocycles. The van der Waals surface area contributed by atoms with Crippen molar-refractivity contribution in [1.82, 2.24) is 9.62 Å². The van der Waals surface area contributed by atoms with Crippen LogP contribution in [0.1, 0.15) is 43.9 Å². The second-order valence-electron chi connectivity index (χ2n) is 7.92. The number of amides is 1. The van der Waals surface area contributed by atoms with Crippen LogP contribution in [0.25, 0.3) is 0 Å². The van der Waals surface area contributed by atoms with E-state index in [-0.39, 0.29) is 24.2 Å². The Kier molecular flexibility index (Phi) is 8.44. The third-order valence-corrected chi connectivity index (χ3v) is 7.93. The Hall–Kier alpha value is -1.80. The molecule has 0 aliphatic carbocycles. The number of nitrogens with zero attached hydrogens (tertiary/aromatic N) is 1. The summed E-state index contributed by atoms with van der Waals surface area (Å²) in [6, 6.07) is 12.2. The molecule has 32 heavy (non-hydrogen) atoms. The first-order valence-corrected chi connectivity index (χ1v) is 13.0. The number of halogens is 2. The molecule has 1 N–H and O–H groups in total. The molecule has 6 nitrogen and oxygen atoms in total. The minimum absolute atomic E-state index is 0.143. The third-order valence-electron chi connectivity index (χ3n) is 5.55. The minimum atomic E-state index is -3.62. The van der Waals surface area contributed by atoms with E-state index in [1.54, 1.807) is 12.1 Å². The predicted molar refractivity (Wildman–Crippen MR) is 128 cm³/mol. The Morgan fingerprint density at radius 1 is 1.22 bits per heavy atom. The highest BCUT2D eigenvalue weighted by atomic mass is 35.5. The number of hydrogen-bond acceptors (Lipinski definition) is 4. The maximum Gasteiger partial charge on any atom is 0.224 e. The number of hydrogen-bond donors (Lipinski definition) is 1. The van der Waals surface area contributed by atoms with E-state index in [0.717, 1.165) is 11.3 Å². The van der Waals surface area contributed by atoms with Crippen molar-refractivity contribution in [2.75, 3.05) is 19.7 Å². The lowest BCUT2D eigenvalue weighted by molar-refractivity contribution is -0.126. The fraction of sp³-hybridized carbons (Fsp3) is 0.435. The first-order chi connectivity index (χ1) is 15.2. The van der Waals surface area contributed by atoms with Crippen molar-refractivity contribution in [2.24, 2.45) is 5.92 Å². The van der Waals surface area contributed by atoms with E-state index in [9.17, 15) is 13.2 Å². The highest BCUT2D eigenvalue weighted by Gasteiger charge is 2.33. The van der Waals surface area contributed by atoms with Gasteiger partial charge in [-0.1, -0.05) is 41.4 Å². The third kappa shape index (κ3) is 6.38. The molecule has 0 bridgehead atoms. The lowest BCUT2D eigenvalue weighted by atomic mass is 9.98. The van der Waals surface area contributed by atoms with Crippen molar-refractivity contribution in [3.05, 3.63) is 63.6 Å². The SMILES string of the molecule is CCOc1ccc([C@@H](C)NC(=O)[C@@H]2CCCN(S(=O)(=O)Cc3ccc(Cl)cc3Cl)C2)cc1. The summed E-state index contributed by atoms with van der Waals surface area (Å²) in [6.45, 7) is 4.99. The summed E-state index contributed by atoms with van der Waals surface area (Å²) in [5, 5.41) is 3.79. The molecule has 1 fully saturated rings. The Bertz CT molecular complexity index is 1040. The number of rotatable bonds is 8. The first-order valence-electron chi connectivity index (χ1n) is 10.6. The summed E-state index contributed by atoms with van der Waals surface area (Å²) in [5.41, 5.74) is 1.45. The maximum absolute atomic E-state index is 13.0. The smallest absolute Gasteiger partial charge is 0.224 e. The van der Waals surface area contributed by atoms with Crippen LogP contribution in [0.15, 0.2) is 42.5 Å². The molecule has 3 rings (SSSR count). The largest absolute Gasteiger partial charge is 0.494 e. The van der Waals surface area contributed by atoms with Crippen LogP contribution >= 0.6 is 23.2 Å². The average molecular weight is 499 g/mol. The molecule has 9 heteroatoms. The Labute approximate surface area is 199 Å². The van der Waals surface area contributed by atoms with Gasteiger partial charge in [-0.05, 0) is 62.1 Å². The summed E-state index contributed by atoms with van der Waals surface area (Å²) in [5.74, 6) is 0.0174. The zero-order valence-electron chi connectivity index (χ0n) is 18.2. The Morgan fingerprint density at radius 2 is 1.94 bits per heavy atom. The second-order valence-corrected chi connectivity index (χ2v) is 10.7. The number of sulfonamides is 1. The van der Waals surface area contributed by atoms with Crippen LogP contribution in [0.2, 0.25) is 10.0 Å². The van der Waals surface area contributed by atoms with Gasteiger partial charge in [0.1, 0.15) is 5.75 Å². The van der Waals surface area contributed by atoms with Gasteiger partial charge in [0.05, 0.1) is 24.3 Å². The number of ether oxygens (including phenoxy) is 1. The summed E-state index contributed by atoms with van der Waals surface area (Å²) in [6.07, 6.45) is 1.28. The summed E-state index contributed by atoms with van der Waals surface area (Å²) in [7, 11) is -3.62. The van der Waals surface area contributed by atoms with Crippen LogP contribution in [-0.4, -0.2) is 38.3 Å². The molecule has 0 radical (unpaired) electrons. The number of benzene rings is 2. The molecule has 1 aliphatic heterocycles. The molecule has 0 unspecified atom stereocenters. The molecule has 2 atom stereocenters. The summed E-state index contributed by atoms with van der Waals surface area (Å²) < 4.78 is 32.8. The van der Waals surface area contributed by atoms with Gasteiger partial charge in [0.15, 0.2) is 0 Å². The molecule has 1 saturated heterocycles. The van der Waals surface area contributed by atoms with Crippen LogP contribution in [-0.2, 0) is 20.6 Å². The van der Waals surface area contributed by atoms with E-state index >= 15 is 0 Å². The second kappa shape index (κ2) is 10.9. The van der Waals surface area contributed by atoms with Crippen molar-refractivity contribution in [1.29, 1.82) is 0 Å². The average Bonchev–Trinajstić information content (AvgIpc) is 2.76. The van der Waals surface area contributed by atoms with Gasteiger partial charge < -0.3 is 10.1 Å². The van der Waals surface area contributed by atoms with Gasteiger partial charge in [0, 0.05) is 23.1 Å². The molecule has 174 valence electrons. The van der Waals surface area contributed by atoms with Crippen LogP contribution in [0.4, 0.5) is 0 Å². The van der Waals surface area contributed by atoms with Gasteiger partial charge >= 0.3 is 0 Å². The van der Waals surface area contributed by atoms with Crippen molar-refractivity contribution < 1.29 is 17.9 Å². The van der Waals surface area contributed by atoms with Crippen molar-refractivity contribution in [3.63, 3.8) is 0 Å². The van der Waals surface area contributed by atoms with Gasteiger partial charge in [0.2, 0.25) is 15.9 Å². The normalized spacial score (nSPS) is 18.2. The molecule has 1 amide bonds. The number of piperidine rings is 1. The van der Waals surface area contributed by atoms with E-state index in [1.165, 1.54) is 10.4 Å². The summed E-state index contributed by atoms with van der Waals surface area (Å²) >= 11 is 12.1. The monoisotopic (exact) mass is 498 g/mol. The number of nitrogens with one attached hydrogen (secondary N) is 1. The predicted octanol–water partition coefficient (Wildman–Crippen LogP) is 4.81. The zero-order chi connectivity index (χ0) is 23.3. The molecular formula is C23H28Cl2N2O4S. The Balaban J connectivity index is 1.62. The molecule has 1 heterocycles. The van der Waals surface area contributed by atoms with Gasteiger partial charge in [-0.3, -0.25) is 4.79 Å². The van der Waals surface area contributed by atoms with Gasteiger partial charge in [0.25, 0.3) is 0 Å². The quantitative estimate of drug-likeness (QED) is 0.566. The molecule has 0 saturated carbocycles. The maximum atomic E-state index is 13.0. The first kappa shape index (κ1) is 24.8. The zero-order valence-corrected chi connectivity index (χ0v) is 20.5. The van der Waals surface area contributed by atoms with E-state index in [1.807, 2.05) is 38.1 Å². The van der Waals surface area contributed by atoms with Gasteiger partial charge in [-0.2, -0.15) is 0 Å². The van der Waals surface area contributed by atoms with E-state index in [0.29, 0.717) is 41.6 Å². The highest BCUT2D eigenvalue weighted by Crippen LogP contribution is 2.27. The van der Waals surface area contributed by atoms with Crippen LogP contribution in [0.3, 0.4) is 0 Å². The topological polar surface area (TPSA) is 75.7 Å². The summed E-state index contributed by atoms with van der Waals surface area (Å²) in [4.78, 5) is 12.9. The van der Waals surface area contributed by atoms with Crippen LogP contribution < -0.4 is 10.1 Å². The van der Waals surface area contributed by atoms with Crippen LogP contribution in [0, 0.1) is 5.92 Å². The highest BCUT2D eigenvalue weighted by molar-refractivity contribution is 7.88. The number of carbonyl (C=O) groups is 1. The van der Waals surface area contributed by atoms with E-state index in [4.69, 9.17) is 27.9 Å². The molecule has 0 spiro atoms.